The summed E-state index contributed by atoms with van der Waals surface area (Å²) >= 11 is 4.40. The quantitative estimate of drug-likeness (QED) is 0.159. The van der Waals surface area contributed by atoms with E-state index in [-0.39, 0.29) is 23.6 Å². The van der Waals surface area contributed by atoms with E-state index in [0.717, 1.165) is 63.4 Å². The van der Waals surface area contributed by atoms with Crippen LogP contribution in [0.2, 0.25) is 0 Å². The Morgan fingerprint density at radius 2 is 1.60 bits per heavy atom. The lowest BCUT2D eigenvalue weighted by Crippen LogP contribution is -2.54. The second kappa shape index (κ2) is 17.6. The van der Waals surface area contributed by atoms with Gasteiger partial charge in [-0.3, -0.25) is 9.59 Å². The van der Waals surface area contributed by atoms with Crippen molar-refractivity contribution in [2.45, 2.75) is 135 Å². The van der Waals surface area contributed by atoms with Crippen molar-refractivity contribution in [1.29, 1.82) is 0 Å². The molecule has 1 fully saturated rings. The molecule has 1 aliphatic carbocycles. The van der Waals surface area contributed by atoms with Gasteiger partial charge in [0.15, 0.2) is 0 Å². The fourth-order valence-electron chi connectivity index (χ4n) is 5.20. The molecule has 1 aromatic rings. The predicted octanol–water partition coefficient (Wildman–Crippen LogP) is 6.75. The maximum absolute atomic E-state index is 14.1. The smallest absolute Gasteiger partial charge is 0.408 e. The summed E-state index contributed by atoms with van der Waals surface area (Å²) in [5.74, 6) is -0.389. The van der Waals surface area contributed by atoms with E-state index in [1.807, 2.05) is 24.3 Å². The number of nitrogens with zero attached hydrogens (tertiary/aromatic N) is 1. The summed E-state index contributed by atoms with van der Waals surface area (Å²) in [6.45, 7) is 10.0. The van der Waals surface area contributed by atoms with Crippen molar-refractivity contribution in [2.24, 2.45) is 0 Å². The van der Waals surface area contributed by atoms with Crippen LogP contribution in [0.15, 0.2) is 24.3 Å². The van der Waals surface area contributed by atoms with Crippen LogP contribution in [-0.2, 0) is 20.7 Å². The van der Waals surface area contributed by atoms with Crippen LogP contribution in [0, 0.1) is 0 Å². The number of hydrogen-bond donors (Lipinski definition) is 3. The molecule has 1 aromatic carbocycles. The zero-order valence-electron chi connectivity index (χ0n) is 25.5. The van der Waals surface area contributed by atoms with E-state index in [1.165, 1.54) is 24.8 Å². The number of aryl methyl sites for hydroxylation is 1. The highest BCUT2D eigenvalue weighted by atomic mass is 32.1. The van der Waals surface area contributed by atoms with Crippen molar-refractivity contribution in [1.82, 2.24) is 15.5 Å². The molecule has 3 amide bonds. The van der Waals surface area contributed by atoms with Crippen molar-refractivity contribution in [3.05, 3.63) is 35.4 Å². The van der Waals surface area contributed by atoms with Crippen molar-refractivity contribution in [3.63, 3.8) is 0 Å². The van der Waals surface area contributed by atoms with Gasteiger partial charge in [-0.15, -0.1) is 0 Å². The third-order valence-electron chi connectivity index (χ3n) is 7.42. The van der Waals surface area contributed by atoms with E-state index < -0.39 is 23.8 Å². The number of alkyl carbamates (subject to hydrolysis) is 1. The lowest BCUT2D eigenvalue weighted by molar-refractivity contribution is -0.142. The maximum atomic E-state index is 14.1. The molecule has 0 heterocycles. The van der Waals surface area contributed by atoms with Gasteiger partial charge in [0.05, 0.1) is 0 Å². The monoisotopic (exact) mass is 575 g/mol. The SMILES string of the molecule is CCCCCCCCN(C(=O)C(CS)NC(=O)OC(C)(C)C)C(C(=O)NC1CCCCC1)c1ccc(CC)cc1. The van der Waals surface area contributed by atoms with Crippen LogP contribution in [0.4, 0.5) is 4.79 Å². The van der Waals surface area contributed by atoms with Crippen molar-refractivity contribution in [2.75, 3.05) is 12.3 Å². The number of nitrogens with one attached hydrogen (secondary N) is 2. The van der Waals surface area contributed by atoms with E-state index in [2.05, 4.69) is 37.1 Å². The number of amides is 3. The highest BCUT2D eigenvalue weighted by Gasteiger charge is 2.36. The Morgan fingerprint density at radius 1 is 0.975 bits per heavy atom. The van der Waals surface area contributed by atoms with E-state index in [4.69, 9.17) is 4.74 Å². The molecule has 2 rings (SSSR count). The summed E-state index contributed by atoms with van der Waals surface area (Å²) in [5.41, 5.74) is 1.25. The molecule has 2 unspecified atom stereocenters. The highest BCUT2D eigenvalue weighted by molar-refractivity contribution is 7.80. The first-order valence-electron chi connectivity index (χ1n) is 15.4. The van der Waals surface area contributed by atoms with Crippen molar-refractivity contribution < 1.29 is 19.1 Å². The van der Waals surface area contributed by atoms with E-state index in [0.29, 0.717) is 6.54 Å². The summed E-state index contributed by atoms with van der Waals surface area (Å²) < 4.78 is 5.42. The summed E-state index contributed by atoms with van der Waals surface area (Å²) in [6, 6.07) is 6.38. The van der Waals surface area contributed by atoms with Crippen molar-refractivity contribution in [3.8, 4) is 0 Å². The Kier molecular flexibility index (Phi) is 14.9. The van der Waals surface area contributed by atoms with Gasteiger partial charge in [-0.05, 0) is 57.6 Å². The summed E-state index contributed by atoms with van der Waals surface area (Å²) in [4.78, 5) is 42.3. The minimum atomic E-state index is -0.918. The molecule has 0 bridgehead atoms. The Morgan fingerprint density at radius 3 is 2.17 bits per heavy atom. The molecule has 2 N–H and O–H groups in total. The van der Waals surface area contributed by atoms with Crippen LogP contribution >= 0.6 is 12.6 Å². The first kappa shape index (κ1) is 34.0. The minimum absolute atomic E-state index is 0.0941. The number of carbonyl (C=O) groups excluding carboxylic acids is 3. The lowest BCUT2D eigenvalue weighted by atomic mass is 9.94. The van der Waals surface area contributed by atoms with Gasteiger partial charge in [-0.2, -0.15) is 12.6 Å². The van der Waals surface area contributed by atoms with Crippen LogP contribution in [0.5, 0.6) is 0 Å². The van der Waals surface area contributed by atoms with Gasteiger partial charge in [0.25, 0.3) is 0 Å². The Hall–Kier alpha value is -2.22. The average molecular weight is 576 g/mol. The van der Waals surface area contributed by atoms with Gasteiger partial charge >= 0.3 is 6.09 Å². The fraction of sp³-hybridized carbons (Fsp3) is 0.719. The lowest BCUT2D eigenvalue weighted by Gasteiger charge is -2.35. The molecule has 1 aliphatic rings. The van der Waals surface area contributed by atoms with Gasteiger partial charge in [0.2, 0.25) is 11.8 Å². The zero-order valence-corrected chi connectivity index (χ0v) is 26.4. The summed E-state index contributed by atoms with van der Waals surface area (Å²) in [5, 5.41) is 5.97. The maximum Gasteiger partial charge on any atom is 0.408 e. The van der Waals surface area contributed by atoms with Gasteiger partial charge in [0.1, 0.15) is 17.7 Å². The normalized spacial score (nSPS) is 15.7. The van der Waals surface area contributed by atoms with Crippen LogP contribution in [0.3, 0.4) is 0 Å². The number of unbranched alkanes of at least 4 members (excludes halogenated alkanes) is 5. The van der Waals surface area contributed by atoms with E-state index in [9.17, 15) is 14.4 Å². The molecule has 0 aliphatic heterocycles. The molecule has 40 heavy (non-hydrogen) atoms. The Balaban J connectivity index is 2.38. The summed E-state index contributed by atoms with van der Waals surface area (Å²) in [7, 11) is 0. The number of hydrogen-bond acceptors (Lipinski definition) is 5. The van der Waals surface area contributed by atoms with Gasteiger partial charge in [-0.1, -0.05) is 89.5 Å². The molecular weight excluding hydrogens is 522 g/mol. The topological polar surface area (TPSA) is 87.7 Å². The van der Waals surface area contributed by atoms with Crippen LogP contribution in [0.25, 0.3) is 0 Å². The summed E-state index contributed by atoms with van der Waals surface area (Å²) in [6.07, 6.45) is 11.9. The Bertz CT molecular complexity index is 910. The number of carbonyl (C=O) groups is 3. The zero-order chi connectivity index (χ0) is 29.5. The molecule has 7 nitrogen and oxygen atoms in total. The predicted molar refractivity (Wildman–Crippen MR) is 166 cm³/mol. The van der Waals surface area contributed by atoms with Crippen molar-refractivity contribution >= 4 is 30.5 Å². The first-order valence-corrected chi connectivity index (χ1v) is 16.0. The molecule has 0 radical (unpaired) electrons. The van der Waals surface area contributed by atoms with Gasteiger partial charge in [0, 0.05) is 18.3 Å². The number of benzene rings is 1. The number of ether oxygens (including phenoxy) is 1. The van der Waals surface area contributed by atoms with Crippen LogP contribution in [-0.4, -0.2) is 52.8 Å². The molecule has 0 saturated heterocycles. The molecule has 0 aromatic heterocycles. The standard InChI is InChI=1S/C32H53N3O4S/c1-6-8-9-10-11-15-22-35(30(37)27(23-40)34-31(38)39-32(3,4)5)28(25-20-18-24(7-2)19-21-25)29(36)33-26-16-13-12-14-17-26/h18-21,26-28,40H,6-17,22-23H2,1-5H3,(H,33,36)(H,34,38). The third-order valence-corrected chi connectivity index (χ3v) is 7.79. The highest BCUT2D eigenvalue weighted by Crippen LogP contribution is 2.26. The molecule has 8 heteroatoms. The van der Waals surface area contributed by atoms with E-state index >= 15 is 0 Å². The minimum Gasteiger partial charge on any atom is -0.444 e. The third kappa shape index (κ3) is 11.7. The number of thiol groups is 1. The molecule has 2 atom stereocenters. The largest absolute Gasteiger partial charge is 0.444 e. The molecule has 1 saturated carbocycles. The van der Waals surface area contributed by atoms with Gasteiger partial charge in [-0.25, -0.2) is 4.79 Å². The van der Waals surface area contributed by atoms with Crippen LogP contribution in [0.1, 0.15) is 122 Å². The molecule has 0 spiro atoms. The second-order valence-electron chi connectivity index (χ2n) is 12.0. The van der Waals surface area contributed by atoms with Crippen LogP contribution < -0.4 is 10.6 Å². The molecular formula is C32H53N3O4S. The second-order valence-corrected chi connectivity index (χ2v) is 12.4. The molecule has 226 valence electrons. The first-order chi connectivity index (χ1) is 19.1. The fourth-order valence-corrected chi connectivity index (χ4v) is 5.45. The Labute approximate surface area is 248 Å². The van der Waals surface area contributed by atoms with E-state index in [1.54, 1.807) is 25.7 Å². The average Bonchev–Trinajstić information content (AvgIpc) is 2.92. The van der Waals surface area contributed by atoms with Gasteiger partial charge < -0.3 is 20.3 Å². The number of rotatable bonds is 15.